The number of amides is 1. The molecule has 11 nitrogen and oxygen atoms in total. The summed E-state index contributed by atoms with van der Waals surface area (Å²) < 4.78 is 19.6. The Hall–Kier alpha value is -4.03. The molecule has 4 rings (SSSR count). The quantitative estimate of drug-likeness (QED) is 0.403. The van der Waals surface area contributed by atoms with Crippen LogP contribution in [0.3, 0.4) is 0 Å². The number of halogens is 1. The van der Waals surface area contributed by atoms with Crippen molar-refractivity contribution >= 4 is 11.9 Å². The summed E-state index contributed by atoms with van der Waals surface area (Å²) in [5.74, 6) is -1.88. The van der Waals surface area contributed by atoms with Gasteiger partial charge in [0.25, 0.3) is 5.91 Å². The Kier molecular flexibility index (Phi) is 8.23. The van der Waals surface area contributed by atoms with E-state index in [0.717, 1.165) is 0 Å². The van der Waals surface area contributed by atoms with Crippen molar-refractivity contribution in [3.63, 3.8) is 0 Å². The van der Waals surface area contributed by atoms with Crippen molar-refractivity contribution in [3.05, 3.63) is 53.2 Å². The fourth-order valence-electron chi connectivity index (χ4n) is 4.52. The molecule has 1 atom stereocenters. The van der Waals surface area contributed by atoms with Crippen LogP contribution in [0.25, 0.3) is 16.9 Å². The normalized spacial score (nSPS) is 14.9. The number of ether oxygens (including phenoxy) is 1. The number of nitrogens with zero attached hydrogens (tertiary/aromatic N) is 4. The first-order valence-electron chi connectivity index (χ1n) is 12.3. The molecule has 3 aromatic rings. The molecule has 0 aliphatic carbocycles. The van der Waals surface area contributed by atoms with Gasteiger partial charge in [-0.25, -0.2) is 9.48 Å². The van der Waals surface area contributed by atoms with Gasteiger partial charge in [-0.05, 0) is 30.0 Å². The van der Waals surface area contributed by atoms with E-state index in [9.17, 15) is 24.3 Å². The summed E-state index contributed by atoms with van der Waals surface area (Å²) >= 11 is 0. The van der Waals surface area contributed by atoms with Crippen LogP contribution in [0.4, 0.5) is 4.53 Å². The molecule has 1 aliphatic rings. The van der Waals surface area contributed by atoms with Crippen LogP contribution < -0.4 is 5.32 Å². The molecule has 3 N–H and O–H groups in total. The minimum absolute atomic E-state index is 0.0195. The SMILES string of the molecule is CCNC(=O)c1nnn(-c2cc(C(C)C)c(O)cc2O)c1-c1ccc(C(C(=O)OF)N2CCOCC2)cc1. The number of phenolic OH excluding ortho intramolecular Hbond substituents is 2. The van der Waals surface area contributed by atoms with Crippen LogP contribution in [0.15, 0.2) is 36.4 Å². The van der Waals surface area contributed by atoms with Gasteiger partial charge >= 0.3 is 5.97 Å². The van der Waals surface area contributed by atoms with Crippen LogP contribution in [0, 0.1) is 0 Å². The number of morpholine rings is 1. The molecule has 0 radical (unpaired) electrons. The molecule has 202 valence electrons. The molecular weight excluding hydrogens is 497 g/mol. The lowest BCUT2D eigenvalue weighted by molar-refractivity contribution is -0.192. The summed E-state index contributed by atoms with van der Waals surface area (Å²) in [4.78, 5) is 30.5. The van der Waals surface area contributed by atoms with E-state index >= 15 is 0 Å². The molecule has 1 unspecified atom stereocenters. The van der Waals surface area contributed by atoms with E-state index in [1.807, 2.05) is 13.8 Å². The highest BCUT2D eigenvalue weighted by molar-refractivity contribution is 5.98. The highest BCUT2D eigenvalue weighted by Crippen LogP contribution is 2.37. The van der Waals surface area contributed by atoms with E-state index in [1.54, 1.807) is 42.2 Å². The van der Waals surface area contributed by atoms with Gasteiger partial charge in [-0.3, -0.25) is 14.6 Å². The van der Waals surface area contributed by atoms with Crippen molar-refractivity contribution in [1.82, 2.24) is 25.2 Å². The summed E-state index contributed by atoms with van der Waals surface area (Å²) in [6.45, 7) is 7.59. The number of benzene rings is 2. The highest BCUT2D eigenvalue weighted by Gasteiger charge is 2.32. The van der Waals surface area contributed by atoms with E-state index < -0.39 is 17.9 Å². The van der Waals surface area contributed by atoms with Gasteiger partial charge in [-0.1, -0.05) is 43.3 Å². The first kappa shape index (κ1) is 27.0. The number of hydrogen-bond acceptors (Lipinski definition) is 9. The zero-order chi connectivity index (χ0) is 27.4. The Balaban J connectivity index is 1.82. The summed E-state index contributed by atoms with van der Waals surface area (Å²) in [5, 5.41) is 31.9. The molecule has 2 heterocycles. The van der Waals surface area contributed by atoms with Crippen LogP contribution >= 0.6 is 0 Å². The summed E-state index contributed by atoms with van der Waals surface area (Å²) in [6, 6.07) is 8.44. The monoisotopic (exact) mass is 527 g/mol. The molecule has 1 aromatic heterocycles. The van der Waals surface area contributed by atoms with Crippen molar-refractivity contribution in [3.8, 4) is 28.4 Å². The molecule has 0 bridgehead atoms. The largest absolute Gasteiger partial charge is 0.508 e. The number of nitrogens with one attached hydrogen (secondary N) is 1. The Bertz CT molecular complexity index is 1300. The lowest BCUT2D eigenvalue weighted by Gasteiger charge is -2.32. The smallest absolute Gasteiger partial charge is 0.370 e. The Labute approximate surface area is 218 Å². The first-order valence-corrected chi connectivity index (χ1v) is 12.3. The zero-order valence-electron chi connectivity index (χ0n) is 21.3. The van der Waals surface area contributed by atoms with Crippen molar-refractivity contribution in [1.29, 1.82) is 0 Å². The van der Waals surface area contributed by atoms with Gasteiger partial charge in [0.1, 0.15) is 28.9 Å². The van der Waals surface area contributed by atoms with Crippen molar-refractivity contribution in [2.75, 3.05) is 32.8 Å². The maximum absolute atomic E-state index is 13.0. The zero-order valence-corrected chi connectivity index (χ0v) is 21.3. The van der Waals surface area contributed by atoms with Crippen molar-refractivity contribution in [2.45, 2.75) is 32.7 Å². The minimum Gasteiger partial charge on any atom is -0.508 e. The van der Waals surface area contributed by atoms with Crippen LogP contribution in [0.2, 0.25) is 0 Å². The van der Waals surface area contributed by atoms with E-state index in [4.69, 9.17) is 4.74 Å². The number of hydrogen-bond donors (Lipinski definition) is 3. The third-order valence-corrected chi connectivity index (χ3v) is 6.41. The Morgan fingerprint density at radius 3 is 2.42 bits per heavy atom. The molecule has 1 amide bonds. The maximum atomic E-state index is 13.0. The van der Waals surface area contributed by atoms with Crippen LogP contribution in [-0.2, 0) is 14.5 Å². The van der Waals surface area contributed by atoms with Crippen LogP contribution in [0.5, 0.6) is 11.5 Å². The Morgan fingerprint density at radius 1 is 1.13 bits per heavy atom. The molecule has 38 heavy (non-hydrogen) atoms. The second-order valence-electron chi connectivity index (χ2n) is 9.18. The summed E-state index contributed by atoms with van der Waals surface area (Å²) in [6.07, 6.45) is 0. The predicted molar refractivity (Wildman–Crippen MR) is 135 cm³/mol. The number of phenols is 2. The standard InChI is InChI=1S/C26H30FN5O6/c1-4-28-25(35)22-23(32(30-29-22)19-13-18(15(2)3)20(33)14-21(19)34)16-5-7-17(8-6-16)24(26(36)38-27)31-9-11-37-12-10-31/h5-8,13-15,24,33-34H,4,9-12H2,1-3H3,(H,28,35). The lowest BCUT2D eigenvalue weighted by Crippen LogP contribution is -2.42. The molecule has 0 saturated carbocycles. The van der Waals surface area contributed by atoms with Gasteiger partial charge in [0.15, 0.2) is 5.69 Å². The molecule has 1 aliphatic heterocycles. The number of aromatic nitrogens is 3. The topological polar surface area (TPSA) is 139 Å². The second-order valence-corrected chi connectivity index (χ2v) is 9.18. The molecular formula is C26H30FN5O6. The van der Waals surface area contributed by atoms with Gasteiger partial charge < -0.3 is 20.3 Å². The summed E-state index contributed by atoms with van der Waals surface area (Å²) in [7, 11) is 0. The van der Waals surface area contributed by atoms with Crippen molar-refractivity contribution < 1.29 is 34.0 Å². The molecule has 1 fully saturated rings. The minimum atomic E-state index is -1.04. The number of carbonyl (C=O) groups excluding carboxylic acids is 2. The molecule has 12 heteroatoms. The molecule has 1 saturated heterocycles. The van der Waals surface area contributed by atoms with E-state index in [2.05, 4.69) is 20.6 Å². The first-order chi connectivity index (χ1) is 18.3. The maximum Gasteiger partial charge on any atom is 0.370 e. The van der Waals surface area contributed by atoms with Gasteiger partial charge in [0, 0.05) is 35.8 Å². The third kappa shape index (κ3) is 5.31. The fourth-order valence-corrected chi connectivity index (χ4v) is 4.52. The second kappa shape index (κ2) is 11.6. The molecule has 2 aromatic carbocycles. The number of rotatable bonds is 8. The average Bonchev–Trinajstić information content (AvgIpc) is 3.35. The van der Waals surface area contributed by atoms with Gasteiger partial charge in [0.2, 0.25) is 0 Å². The Morgan fingerprint density at radius 2 is 1.82 bits per heavy atom. The number of carbonyl (C=O) groups is 2. The summed E-state index contributed by atoms with van der Waals surface area (Å²) in [5.41, 5.74) is 2.10. The van der Waals surface area contributed by atoms with Crippen molar-refractivity contribution in [2.24, 2.45) is 0 Å². The van der Waals surface area contributed by atoms with E-state index in [-0.39, 0.29) is 34.5 Å². The number of aromatic hydroxyl groups is 2. The average molecular weight is 528 g/mol. The third-order valence-electron chi connectivity index (χ3n) is 6.41. The predicted octanol–water partition coefficient (Wildman–Crippen LogP) is 3.02. The van der Waals surface area contributed by atoms with Gasteiger partial charge in [0.05, 0.1) is 13.2 Å². The lowest BCUT2D eigenvalue weighted by atomic mass is 9.99. The van der Waals surface area contributed by atoms with Gasteiger partial charge in [-0.2, -0.15) is 0 Å². The van der Waals surface area contributed by atoms with E-state index in [1.165, 1.54) is 10.7 Å². The highest BCUT2D eigenvalue weighted by atomic mass is 19.3. The van der Waals surface area contributed by atoms with Crippen LogP contribution in [-0.4, -0.2) is 74.8 Å². The fraction of sp³-hybridized carbons (Fsp3) is 0.385. The van der Waals surface area contributed by atoms with E-state index in [0.29, 0.717) is 49.5 Å². The van der Waals surface area contributed by atoms with Crippen LogP contribution in [0.1, 0.15) is 54.3 Å². The molecule has 0 spiro atoms. The van der Waals surface area contributed by atoms with Gasteiger partial charge in [-0.15, -0.1) is 5.10 Å².